The first-order valence-corrected chi connectivity index (χ1v) is 6.24. The minimum absolute atomic E-state index is 0.287. The number of aromatic nitrogens is 3. The zero-order valence-corrected chi connectivity index (χ0v) is 11.1. The fourth-order valence-corrected chi connectivity index (χ4v) is 2.01. The summed E-state index contributed by atoms with van der Waals surface area (Å²) in [6.45, 7) is 0. The number of hydrogen-bond acceptors (Lipinski definition) is 6. The van der Waals surface area contributed by atoms with Gasteiger partial charge in [0.1, 0.15) is 5.02 Å². The minimum Gasteiger partial charge on any atom is -0.338 e. The third kappa shape index (κ3) is 2.34. The van der Waals surface area contributed by atoms with Gasteiger partial charge in [-0.15, -0.1) is 0 Å². The lowest BCUT2D eigenvalue weighted by Gasteiger charge is -2.10. The van der Waals surface area contributed by atoms with Crippen LogP contribution in [0.1, 0.15) is 0 Å². The van der Waals surface area contributed by atoms with Gasteiger partial charge in [-0.2, -0.15) is 4.98 Å². The summed E-state index contributed by atoms with van der Waals surface area (Å²) in [7, 11) is 0. The lowest BCUT2D eigenvalue weighted by Crippen LogP contribution is -2.11. The van der Waals surface area contributed by atoms with E-state index < -0.39 is 0 Å². The highest BCUT2D eigenvalue weighted by Crippen LogP contribution is 2.28. The van der Waals surface area contributed by atoms with Crippen LogP contribution in [-0.4, -0.2) is 15.0 Å². The number of benzene rings is 1. The Kier molecular flexibility index (Phi) is 3.32. The number of fused-ring (bicyclic) bond motifs is 1. The average Bonchev–Trinajstić information content (AvgIpc) is 2.50. The molecule has 3 rings (SSSR count). The molecule has 2 heterocycles. The molecule has 100 valence electrons. The summed E-state index contributed by atoms with van der Waals surface area (Å²) in [5.74, 6) is 6.06. The molecule has 6 nitrogen and oxygen atoms in total. The Morgan fingerprint density at radius 1 is 1.15 bits per heavy atom. The van der Waals surface area contributed by atoms with Gasteiger partial charge >= 0.3 is 0 Å². The van der Waals surface area contributed by atoms with Crippen molar-refractivity contribution in [3.63, 3.8) is 0 Å². The van der Waals surface area contributed by atoms with Crippen LogP contribution in [0, 0.1) is 0 Å². The molecule has 2 aromatic heterocycles. The highest BCUT2D eigenvalue weighted by atomic mass is 35.5. The molecule has 0 amide bonds. The van der Waals surface area contributed by atoms with Crippen molar-refractivity contribution in [1.29, 1.82) is 0 Å². The second-order valence-corrected chi connectivity index (χ2v) is 4.47. The summed E-state index contributed by atoms with van der Waals surface area (Å²) >= 11 is 6.08. The fourth-order valence-electron chi connectivity index (χ4n) is 1.87. The number of rotatable bonds is 3. The maximum atomic E-state index is 6.08. The Bertz CT molecular complexity index is 755. The van der Waals surface area contributed by atoms with E-state index >= 15 is 0 Å². The number of anilines is 3. The van der Waals surface area contributed by atoms with Crippen molar-refractivity contribution in [3.05, 3.63) is 47.9 Å². The predicted molar refractivity (Wildman–Crippen MR) is 79.9 cm³/mol. The predicted octanol–water partition coefficient (Wildman–Crippen LogP) is 2.71. The molecule has 0 bridgehead atoms. The van der Waals surface area contributed by atoms with E-state index in [1.165, 1.54) is 6.20 Å². The van der Waals surface area contributed by atoms with Crippen LogP contribution in [-0.2, 0) is 0 Å². The van der Waals surface area contributed by atoms with Gasteiger partial charge in [-0.05, 0) is 17.5 Å². The summed E-state index contributed by atoms with van der Waals surface area (Å²) in [4.78, 5) is 12.2. The molecular weight excluding hydrogens is 276 g/mol. The smallest absolute Gasteiger partial charge is 0.239 e. The molecule has 0 atom stereocenters. The SMILES string of the molecule is NNc1ncc(Cl)c(Nc2cccc3ccncc23)n1. The molecule has 0 aliphatic heterocycles. The summed E-state index contributed by atoms with van der Waals surface area (Å²) in [5, 5.41) is 5.63. The van der Waals surface area contributed by atoms with Gasteiger partial charge in [0.15, 0.2) is 5.82 Å². The van der Waals surface area contributed by atoms with Gasteiger partial charge in [0, 0.05) is 23.5 Å². The molecule has 0 fully saturated rings. The monoisotopic (exact) mass is 286 g/mol. The summed E-state index contributed by atoms with van der Waals surface area (Å²) < 4.78 is 0. The number of pyridine rings is 1. The lowest BCUT2D eigenvalue weighted by atomic mass is 10.1. The third-order valence-electron chi connectivity index (χ3n) is 2.81. The Balaban J connectivity index is 2.05. The molecule has 3 aromatic rings. The molecule has 0 radical (unpaired) electrons. The second kappa shape index (κ2) is 5.28. The van der Waals surface area contributed by atoms with Crippen molar-refractivity contribution >= 4 is 39.8 Å². The molecule has 0 spiro atoms. The van der Waals surface area contributed by atoms with Crippen LogP contribution < -0.4 is 16.6 Å². The molecule has 0 saturated heterocycles. The molecule has 20 heavy (non-hydrogen) atoms. The number of nitrogens with one attached hydrogen (secondary N) is 2. The standard InChI is InChI=1S/C13H11ClN6/c14-10-7-17-13(20-15)19-12(10)18-11-3-1-2-8-4-5-16-6-9(8)11/h1-7H,15H2,(H2,17,18,19,20). The van der Waals surface area contributed by atoms with Gasteiger partial charge < -0.3 is 5.32 Å². The number of nitrogens with two attached hydrogens (primary N) is 1. The second-order valence-electron chi connectivity index (χ2n) is 4.06. The van der Waals surface area contributed by atoms with E-state index in [0.717, 1.165) is 16.5 Å². The first-order chi connectivity index (χ1) is 9.78. The van der Waals surface area contributed by atoms with Crippen molar-refractivity contribution < 1.29 is 0 Å². The molecule has 1 aromatic carbocycles. The Morgan fingerprint density at radius 3 is 2.90 bits per heavy atom. The number of nitrogens with zero attached hydrogens (tertiary/aromatic N) is 3. The van der Waals surface area contributed by atoms with Crippen molar-refractivity contribution in [2.24, 2.45) is 5.84 Å². The number of halogens is 1. The van der Waals surface area contributed by atoms with E-state index in [2.05, 4.69) is 25.7 Å². The summed E-state index contributed by atoms with van der Waals surface area (Å²) in [6.07, 6.45) is 5.02. The molecule has 0 saturated carbocycles. The summed E-state index contributed by atoms with van der Waals surface area (Å²) in [6, 6.07) is 7.82. The molecule has 4 N–H and O–H groups in total. The largest absolute Gasteiger partial charge is 0.338 e. The van der Waals surface area contributed by atoms with E-state index in [1.54, 1.807) is 12.4 Å². The van der Waals surface area contributed by atoms with Crippen molar-refractivity contribution in [2.75, 3.05) is 10.7 Å². The van der Waals surface area contributed by atoms with Gasteiger partial charge in [-0.3, -0.25) is 10.4 Å². The normalized spacial score (nSPS) is 10.5. The topological polar surface area (TPSA) is 88.8 Å². The van der Waals surface area contributed by atoms with Gasteiger partial charge in [0.2, 0.25) is 5.95 Å². The van der Waals surface area contributed by atoms with Gasteiger partial charge in [-0.25, -0.2) is 10.8 Å². The maximum Gasteiger partial charge on any atom is 0.239 e. The highest BCUT2D eigenvalue weighted by molar-refractivity contribution is 6.33. The lowest BCUT2D eigenvalue weighted by molar-refractivity contribution is 1.12. The maximum absolute atomic E-state index is 6.08. The Hall–Kier alpha value is -2.44. The van der Waals surface area contributed by atoms with Crippen LogP contribution >= 0.6 is 11.6 Å². The first kappa shape index (κ1) is 12.6. The van der Waals surface area contributed by atoms with Gasteiger partial charge in [-0.1, -0.05) is 23.7 Å². The Morgan fingerprint density at radius 2 is 2.05 bits per heavy atom. The zero-order valence-electron chi connectivity index (χ0n) is 10.3. The summed E-state index contributed by atoms with van der Waals surface area (Å²) in [5.41, 5.74) is 3.24. The van der Waals surface area contributed by atoms with E-state index in [9.17, 15) is 0 Å². The van der Waals surface area contributed by atoms with Crippen molar-refractivity contribution in [1.82, 2.24) is 15.0 Å². The molecular formula is C13H11ClN6. The highest BCUT2D eigenvalue weighted by Gasteiger charge is 2.07. The van der Waals surface area contributed by atoms with Crippen LogP contribution in [0.2, 0.25) is 5.02 Å². The third-order valence-corrected chi connectivity index (χ3v) is 3.09. The molecule has 0 unspecified atom stereocenters. The van der Waals surface area contributed by atoms with Crippen molar-refractivity contribution in [3.8, 4) is 0 Å². The van der Waals surface area contributed by atoms with E-state index in [-0.39, 0.29) is 5.95 Å². The van der Waals surface area contributed by atoms with Crippen molar-refractivity contribution in [2.45, 2.75) is 0 Å². The van der Waals surface area contributed by atoms with Crippen LogP contribution in [0.5, 0.6) is 0 Å². The fraction of sp³-hybridized carbons (Fsp3) is 0. The molecule has 0 aliphatic carbocycles. The average molecular weight is 287 g/mol. The number of nitrogen functional groups attached to an aromatic ring is 1. The van der Waals surface area contributed by atoms with Gasteiger partial charge in [0.05, 0.1) is 6.20 Å². The molecule has 0 aliphatic rings. The van der Waals surface area contributed by atoms with E-state index in [0.29, 0.717) is 10.8 Å². The van der Waals surface area contributed by atoms with E-state index in [4.69, 9.17) is 17.4 Å². The Labute approximate surface area is 120 Å². The first-order valence-electron chi connectivity index (χ1n) is 5.87. The number of hydrogen-bond donors (Lipinski definition) is 3. The van der Waals surface area contributed by atoms with Crippen LogP contribution in [0.15, 0.2) is 42.9 Å². The minimum atomic E-state index is 0.287. The molecule has 7 heteroatoms. The van der Waals surface area contributed by atoms with Gasteiger partial charge in [0.25, 0.3) is 0 Å². The van der Waals surface area contributed by atoms with Crippen LogP contribution in [0.25, 0.3) is 10.8 Å². The van der Waals surface area contributed by atoms with Crippen LogP contribution in [0.3, 0.4) is 0 Å². The quantitative estimate of drug-likeness (QED) is 0.507. The zero-order chi connectivity index (χ0) is 13.9. The van der Waals surface area contributed by atoms with Crippen LogP contribution in [0.4, 0.5) is 17.5 Å². The van der Waals surface area contributed by atoms with E-state index in [1.807, 2.05) is 24.3 Å². The number of hydrazine groups is 1.